The number of hydrogen-bond donors (Lipinski definition) is 2. The van der Waals surface area contributed by atoms with Crippen molar-refractivity contribution in [2.45, 2.75) is 32.4 Å². The van der Waals surface area contributed by atoms with Crippen LogP contribution in [0.15, 0.2) is 24.3 Å². The number of benzene rings is 1. The lowest BCUT2D eigenvalue weighted by molar-refractivity contribution is -0.187. The Morgan fingerprint density at radius 2 is 1.68 bits per heavy atom. The first kappa shape index (κ1) is 19.1. The van der Waals surface area contributed by atoms with Gasteiger partial charge in [0.15, 0.2) is 0 Å². The van der Waals surface area contributed by atoms with Gasteiger partial charge in [-0.2, -0.15) is 13.2 Å². The molecule has 25 heavy (non-hydrogen) atoms. The number of hydrogen-bond acceptors (Lipinski definition) is 2. The topological polar surface area (TPSA) is 69.6 Å². The van der Waals surface area contributed by atoms with E-state index in [1.54, 1.807) is 12.1 Å². The van der Waals surface area contributed by atoms with Gasteiger partial charge in [0.05, 0.1) is 11.8 Å². The van der Waals surface area contributed by atoms with Crippen LogP contribution in [0.5, 0.6) is 0 Å². The second-order valence-electron chi connectivity index (χ2n) is 7.26. The van der Waals surface area contributed by atoms with E-state index in [0.717, 1.165) is 10.5 Å². The van der Waals surface area contributed by atoms with Gasteiger partial charge in [-0.1, -0.05) is 32.9 Å². The highest BCUT2D eigenvalue weighted by Crippen LogP contribution is 2.38. The summed E-state index contributed by atoms with van der Waals surface area (Å²) < 4.78 is 38.9. The third-order valence-corrected chi connectivity index (χ3v) is 4.35. The van der Waals surface area contributed by atoms with Crippen molar-refractivity contribution < 1.29 is 27.9 Å². The third kappa shape index (κ3) is 4.43. The van der Waals surface area contributed by atoms with Gasteiger partial charge in [-0.3, -0.25) is 4.79 Å². The fraction of sp³-hybridized carbons (Fsp3) is 0.529. The molecule has 0 aliphatic carbocycles. The van der Waals surface area contributed by atoms with E-state index in [4.69, 9.17) is 5.11 Å². The number of carboxylic acid groups (broad SMARTS) is 1. The fourth-order valence-corrected chi connectivity index (χ4v) is 2.81. The molecule has 2 rings (SSSR count). The minimum Gasteiger partial charge on any atom is -0.481 e. The molecular weight excluding hydrogens is 337 g/mol. The number of likely N-dealkylation sites (tertiary alicyclic amines) is 1. The SMILES string of the molecule is CC(C)(C)c1ccc(NC(=O)N2C[C@@H](C(F)(F)F)[C@H](C(=O)O)C2)cc1. The van der Waals surface area contributed by atoms with E-state index in [-0.39, 0.29) is 5.41 Å². The van der Waals surface area contributed by atoms with E-state index in [0.29, 0.717) is 5.69 Å². The predicted molar refractivity (Wildman–Crippen MR) is 86.4 cm³/mol. The second kappa shape index (κ2) is 6.57. The van der Waals surface area contributed by atoms with Gasteiger partial charge < -0.3 is 15.3 Å². The smallest absolute Gasteiger partial charge is 0.394 e. The molecule has 1 heterocycles. The maximum atomic E-state index is 13.0. The van der Waals surface area contributed by atoms with Crippen LogP contribution in [0.1, 0.15) is 26.3 Å². The molecule has 1 aliphatic rings. The third-order valence-electron chi connectivity index (χ3n) is 4.35. The van der Waals surface area contributed by atoms with Crippen molar-refractivity contribution >= 4 is 17.7 Å². The van der Waals surface area contributed by atoms with Gasteiger partial charge in [0.2, 0.25) is 0 Å². The minimum absolute atomic E-state index is 0.0634. The van der Waals surface area contributed by atoms with Crippen molar-refractivity contribution in [3.05, 3.63) is 29.8 Å². The Kier molecular flexibility index (Phi) is 5.02. The minimum atomic E-state index is -4.66. The lowest BCUT2D eigenvalue weighted by Crippen LogP contribution is -2.35. The quantitative estimate of drug-likeness (QED) is 0.847. The molecule has 1 aromatic rings. The molecule has 8 heteroatoms. The van der Waals surface area contributed by atoms with Crippen LogP contribution in [0, 0.1) is 11.8 Å². The number of nitrogens with zero attached hydrogens (tertiary/aromatic N) is 1. The van der Waals surface area contributed by atoms with Crippen LogP contribution in [0.25, 0.3) is 0 Å². The molecule has 0 spiro atoms. The summed E-state index contributed by atoms with van der Waals surface area (Å²) in [5.74, 6) is -5.25. The summed E-state index contributed by atoms with van der Waals surface area (Å²) in [5, 5.41) is 11.5. The molecule has 2 atom stereocenters. The average molecular weight is 358 g/mol. The first-order valence-corrected chi connectivity index (χ1v) is 7.85. The van der Waals surface area contributed by atoms with Gasteiger partial charge in [-0.25, -0.2) is 4.79 Å². The Morgan fingerprint density at radius 3 is 2.08 bits per heavy atom. The molecule has 5 nitrogen and oxygen atoms in total. The number of halogens is 3. The van der Waals surface area contributed by atoms with Gasteiger partial charge in [0, 0.05) is 18.8 Å². The van der Waals surface area contributed by atoms with Crippen molar-refractivity contribution in [2.75, 3.05) is 18.4 Å². The highest BCUT2D eigenvalue weighted by Gasteiger charge is 2.53. The number of aliphatic carboxylic acids is 1. The van der Waals surface area contributed by atoms with Crippen molar-refractivity contribution in [1.82, 2.24) is 4.90 Å². The molecule has 0 aromatic heterocycles. The maximum Gasteiger partial charge on any atom is 0.394 e. The number of carboxylic acids is 1. The zero-order chi connectivity index (χ0) is 19.0. The van der Waals surface area contributed by atoms with E-state index in [1.165, 1.54) is 0 Å². The van der Waals surface area contributed by atoms with E-state index in [1.807, 2.05) is 32.9 Å². The summed E-state index contributed by atoms with van der Waals surface area (Å²) in [6, 6.07) is 6.27. The maximum absolute atomic E-state index is 13.0. The molecule has 2 amide bonds. The summed E-state index contributed by atoms with van der Waals surface area (Å²) in [4.78, 5) is 24.1. The first-order chi connectivity index (χ1) is 11.4. The van der Waals surface area contributed by atoms with Crippen molar-refractivity contribution in [1.29, 1.82) is 0 Å². The molecule has 0 unspecified atom stereocenters. The van der Waals surface area contributed by atoms with Gasteiger partial charge in [0.1, 0.15) is 0 Å². The lowest BCUT2D eigenvalue weighted by atomic mass is 9.87. The Morgan fingerprint density at radius 1 is 1.12 bits per heavy atom. The molecule has 0 saturated carbocycles. The normalized spacial score (nSPS) is 21.3. The van der Waals surface area contributed by atoms with Crippen LogP contribution in [0.2, 0.25) is 0 Å². The second-order valence-corrected chi connectivity index (χ2v) is 7.26. The summed E-state index contributed by atoms with van der Waals surface area (Å²) in [7, 11) is 0. The molecular formula is C17H21F3N2O3. The van der Waals surface area contributed by atoms with Gasteiger partial charge in [-0.05, 0) is 23.1 Å². The van der Waals surface area contributed by atoms with E-state index in [9.17, 15) is 22.8 Å². The Labute approximate surface area is 143 Å². The molecule has 0 radical (unpaired) electrons. The van der Waals surface area contributed by atoms with Crippen LogP contribution in [0.4, 0.5) is 23.7 Å². The Bertz CT molecular complexity index is 651. The summed E-state index contributed by atoms with van der Waals surface area (Å²) in [5.41, 5.74) is 1.43. The van der Waals surface area contributed by atoms with Crippen LogP contribution < -0.4 is 5.32 Å². The molecule has 0 bridgehead atoms. The number of nitrogens with one attached hydrogen (secondary N) is 1. The highest BCUT2D eigenvalue weighted by atomic mass is 19.4. The predicted octanol–water partition coefficient (Wildman–Crippen LogP) is 3.71. The number of rotatable bonds is 2. The van der Waals surface area contributed by atoms with E-state index < -0.39 is 43.1 Å². The summed E-state index contributed by atoms with van der Waals surface area (Å²) >= 11 is 0. The number of amides is 2. The van der Waals surface area contributed by atoms with Gasteiger partial charge in [0.25, 0.3) is 0 Å². The zero-order valence-corrected chi connectivity index (χ0v) is 14.2. The monoisotopic (exact) mass is 358 g/mol. The lowest BCUT2D eigenvalue weighted by Gasteiger charge is -2.20. The van der Waals surface area contributed by atoms with Gasteiger partial charge in [-0.15, -0.1) is 0 Å². The average Bonchev–Trinajstić information content (AvgIpc) is 2.92. The number of carbonyl (C=O) groups excluding carboxylic acids is 1. The Hall–Kier alpha value is -2.25. The van der Waals surface area contributed by atoms with E-state index in [2.05, 4.69) is 5.32 Å². The van der Waals surface area contributed by atoms with E-state index >= 15 is 0 Å². The van der Waals surface area contributed by atoms with Crippen LogP contribution in [-0.2, 0) is 10.2 Å². The van der Waals surface area contributed by atoms with Crippen LogP contribution in [-0.4, -0.2) is 41.3 Å². The highest BCUT2D eigenvalue weighted by molar-refractivity contribution is 5.90. The first-order valence-electron chi connectivity index (χ1n) is 7.85. The molecule has 1 aliphatic heterocycles. The number of carbonyl (C=O) groups is 2. The van der Waals surface area contributed by atoms with Crippen LogP contribution in [0.3, 0.4) is 0 Å². The molecule has 1 saturated heterocycles. The van der Waals surface area contributed by atoms with Crippen molar-refractivity contribution in [3.63, 3.8) is 0 Å². The number of anilines is 1. The number of urea groups is 1. The van der Waals surface area contributed by atoms with Crippen LogP contribution >= 0.6 is 0 Å². The standard InChI is InChI=1S/C17H21F3N2O3/c1-16(2,3)10-4-6-11(7-5-10)21-15(25)22-8-12(14(23)24)13(9-22)17(18,19)20/h4-7,12-13H,8-9H2,1-3H3,(H,21,25)(H,23,24)/t12-,13-/m1/s1. The molecule has 138 valence electrons. The molecule has 2 N–H and O–H groups in total. The fourth-order valence-electron chi connectivity index (χ4n) is 2.81. The summed E-state index contributed by atoms with van der Waals surface area (Å²) in [6.45, 7) is 4.98. The molecule has 1 fully saturated rings. The number of alkyl halides is 3. The summed E-state index contributed by atoms with van der Waals surface area (Å²) in [6.07, 6.45) is -4.66. The zero-order valence-electron chi connectivity index (χ0n) is 14.2. The molecule has 1 aromatic carbocycles. The Balaban J connectivity index is 2.07. The largest absolute Gasteiger partial charge is 0.481 e. The van der Waals surface area contributed by atoms with Gasteiger partial charge >= 0.3 is 18.2 Å². The van der Waals surface area contributed by atoms with Crippen molar-refractivity contribution in [2.24, 2.45) is 11.8 Å². The van der Waals surface area contributed by atoms with Crippen molar-refractivity contribution in [3.8, 4) is 0 Å².